The molecule has 0 aliphatic rings. The summed E-state index contributed by atoms with van der Waals surface area (Å²) in [5, 5.41) is 9.58. The number of aliphatic hydroxyl groups excluding tert-OH is 1. The lowest BCUT2D eigenvalue weighted by atomic mass is 9.71. The molecule has 1 nitrogen and oxygen atoms in total. The van der Waals surface area contributed by atoms with E-state index in [1.165, 1.54) is 154 Å². The molecule has 0 radical (unpaired) electrons. The number of aliphatic hydroxyl groups is 1. The highest BCUT2D eigenvalue weighted by atomic mass is 16.2. The largest absolute Gasteiger partial charge is 0.396 e. The Balaban J connectivity index is 4.49. The molecule has 0 aromatic carbocycles. The Morgan fingerprint density at radius 2 is 0.613 bits per heavy atom. The maximum atomic E-state index is 9.58. The molecule has 31 heavy (non-hydrogen) atoms. The van der Waals surface area contributed by atoms with Gasteiger partial charge >= 0.3 is 0 Å². The molecular weight excluding hydrogens is 376 g/mol. The third kappa shape index (κ3) is 20.3. The molecular formula is C30H62O. The molecule has 0 unspecified atom stereocenters. The summed E-state index contributed by atoms with van der Waals surface area (Å²) in [5.74, 6) is 0. The standard InChI is InChI=1S/C30H62O/c1-4-7-10-13-16-17-20-23-27-30(28-24-29-31,25-21-18-14-11-8-5-2)26-22-19-15-12-9-6-3/h31H,4-29H2,1-3H3. The molecule has 0 saturated heterocycles. The van der Waals surface area contributed by atoms with Gasteiger partial charge in [0.15, 0.2) is 0 Å². The molecule has 1 N–H and O–H groups in total. The van der Waals surface area contributed by atoms with E-state index >= 15 is 0 Å². The minimum Gasteiger partial charge on any atom is -0.396 e. The molecule has 0 amide bonds. The first-order valence-corrected chi connectivity index (χ1v) is 14.9. The van der Waals surface area contributed by atoms with Crippen molar-refractivity contribution in [2.24, 2.45) is 5.41 Å². The van der Waals surface area contributed by atoms with Gasteiger partial charge in [-0.05, 0) is 37.5 Å². The Hall–Kier alpha value is -0.0400. The van der Waals surface area contributed by atoms with Crippen LogP contribution in [-0.2, 0) is 0 Å². The molecule has 0 atom stereocenters. The Labute approximate surface area is 198 Å². The SMILES string of the molecule is CCCCCCCCCCC(CCCO)(CCCCCCCC)CCCCCCCC. The van der Waals surface area contributed by atoms with E-state index in [2.05, 4.69) is 20.8 Å². The van der Waals surface area contributed by atoms with Crippen molar-refractivity contribution in [2.75, 3.05) is 6.61 Å². The van der Waals surface area contributed by atoms with Gasteiger partial charge in [0, 0.05) is 6.61 Å². The van der Waals surface area contributed by atoms with Crippen LogP contribution < -0.4 is 0 Å². The zero-order valence-electron chi connectivity index (χ0n) is 22.3. The van der Waals surface area contributed by atoms with Crippen LogP contribution in [0.1, 0.15) is 181 Å². The Bertz CT molecular complexity index is 308. The molecule has 0 fully saturated rings. The van der Waals surface area contributed by atoms with Crippen LogP contribution in [0, 0.1) is 5.41 Å². The van der Waals surface area contributed by atoms with E-state index in [1.807, 2.05) is 0 Å². The van der Waals surface area contributed by atoms with E-state index in [-0.39, 0.29) is 0 Å². The number of unbranched alkanes of at least 4 members (excludes halogenated alkanes) is 17. The van der Waals surface area contributed by atoms with E-state index in [4.69, 9.17) is 0 Å². The van der Waals surface area contributed by atoms with Crippen LogP contribution >= 0.6 is 0 Å². The summed E-state index contributed by atoms with van der Waals surface area (Å²) >= 11 is 0. The monoisotopic (exact) mass is 438 g/mol. The molecule has 0 aliphatic heterocycles. The van der Waals surface area contributed by atoms with Crippen LogP contribution in [0.2, 0.25) is 0 Å². The lowest BCUT2D eigenvalue weighted by Gasteiger charge is -2.35. The summed E-state index contributed by atoms with van der Waals surface area (Å²) < 4.78 is 0. The van der Waals surface area contributed by atoms with E-state index < -0.39 is 0 Å². The maximum absolute atomic E-state index is 9.58. The second-order valence-corrected chi connectivity index (χ2v) is 10.6. The number of hydrogen-bond acceptors (Lipinski definition) is 1. The fraction of sp³-hybridized carbons (Fsp3) is 1.00. The van der Waals surface area contributed by atoms with Crippen LogP contribution in [0.3, 0.4) is 0 Å². The summed E-state index contributed by atoms with van der Waals surface area (Å²) in [6.45, 7) is 7.31. The highest BCUT2D eigenvalue weighted by molar-refractivity contribution is 4.80. The zero-order chi connectivity index (χ0) is 22.9. The molecule has 0 aromatic rings. The first kappa shape index (κ1) is 31.0. The molecule has 0 bridgehead atoms. The summed E-state index contributed by atoms with van der Waals surface area (Å²) in [6, 6.07) is 0. The molecule has 0 aromatic heterocycles. The summed E-state index contributed by atoms with van der Waals surface area (Å²) in [5.41, 5.74) is 0.528. The van der Waals surface area contributed by atoms with Crippen LogP contribution in [0.5, 0.6) is 0 Å². The summed E-state index contributed by atoms with van der Waals surface area (Å²) in [7, 11) is 0. The second-order valence-electron chi connectivity index (χ2n) is 10.6. The second kappa shape index (κ2) is 24.6. The van der Waals surface area contributed by atoms with Crippen molar-refractivity contribution in [3.63, 3.8) is 0 Å². The van der Waals surface area contributed by atoms with Gasteiger partial charge in [0.2, 0.25) is 0 Å². The van der Waals surface area contributed by atoms with Gasteiger partial charge in [-0.1, -0.05) is 149 Å². The average molecular weight is 439 g/mol. The van der Waals surface area contributed by atoms with Crippen molar-refractivity contribution in [1.82, 2.24) is 0 Å². The zero-order valence-corrected chi connectivity index (χ0v) is 22.3. The molecule has 0 saturated carbocycles. The Kier molecular flexibility index (Phi) is 24.6. The molecule has 1 heteroatoms. The topological polar surface area (TPSA) is 20.2 Å². The van der Waals surface area contributed by atoms with E-state index in [0.717, 1.165) is 6.42 Å². The lowest BCUT2D eigenvalue weighted by molar-refractivity contribution is 0.155. The van der Waals surface area contributed by atoms with Gasteiger partial charge in [-0.25, -0.2) is 0 Å². The van der Waals surface area contributed by atoms with Gasteiger partial charge < -0.3 is 5.11 Å². The molecule has 0 spiro atoms. The van der Waals surface area contributed by atoms with Crippen molar-refractivity contribution in [3.05, 3.63) is 0 Å². The summed E-state index contributed by atoms with van der Waals surface area (Å²) in [4.78, 5) is 0. The number of rotatable bonds is 26. The quantitative estimate of drug-likeness (QED) is 0.133. The normalized spacial score (nSPS) is 12.0. The predicted octanol–water partition coefficient (Wildman–Crippen LogP) is 10.8. The fourth-order valence-electron chi connectivity index (χ4n) is 5.40. The van der Waals surface area contributed by atoms with E-state index in [1.54, 1.807) is 0 Å². The van der Waals surface area contributed by atoms with Gasteiger partial charge in [-0.3, -0.25) is 0 Å². The van der Waals surface area contributed by atoms with Crippen molar-refractivity contribution in [1.29, 1.82) is 0 Å². The van der Waals surface area contributed by atoms with Crippen molar-refractivity contribution >= 4 is 0 Å². The third-order valence-electron chi connectivity index (χ3n) is 7.55. The van der Waals surface area contributed by atoms with Crippen LogP contribution in [0.15, 0.2) is 0 Å². The van der Waals surface area contributed by atoms with Gasteiger partial charge in [-0.2, -0.15) is 0 Å². The fourth-order valence-corrected chi connectivity index (χ4v) is 5.40. The van der Waals surface area contributed by atoms with Gasteiger partial charge in [0.1, 0.15) is 0 Å². The van der Waals surface area contributed by atoms with E-state index in [9.17, 15) is 5.11 Å². The van der Waals surface area contributed by atoms with Crippen LogP contribution in [-0.4, -0.2) is 11.7 Å². The Morgan fingerprint density at radius 1 is 0.355 bits per heavy atom. The number of hydrogen-bond donors (Lipinski definition) is 1. The first-order valence-electron chi connectivity index (χ1n) is 14.9. The first-order chi connectivity index (χ1) is 15.2. The van der Waals surface area contributed by atoms with Gasteiger partial charge in [-0.15, -0.1) is 0 Å². The predicted molar refractivity (Wildman–Crippen MR) is 142 cm³/mol. The van der Waals surface area contributed by atoms with Crippen LogP contribution in [0.25, 0.3) is 0 Å². The molecule has 0 aliphatic carbocycles. The minimum atomic E-state index is 0.381. The molecule has 0 rings (SSSR count). The van der Waals surface area contributed by atoms with Gasteiger partial charge in [0.05, 0.1) is 0 Å². The highest BCUT2D eigenvalue weighted by Crippen LogP contribution is 2.41. The average Bonchev–Trinajstić information content (AvgIpc) is 2.78. The minimum absolute atomic E-state index is 0.381. The van der Waals surface area contributed by atoms with Crippen molar-refractivity contribution in [2.45, 2.75) is 181 Å². The van der Waals surface area contributed by atoms with Gasteiger partial charge in [0.25, 0.3) is 0 Å². The smallest absolute Gasteiger partial charge is 0.0431 e. The third-order valence-corrected chi connectivity index (χ3v) is 7.55. The molecule has 188 valence electrons. The van der Waals surface area contributed by atoms with Crippen molar-refractivity contribution in [3.8, 4) is 0 Å². The Morgan fingerprint density at radius 3 is 0.903 bits per heavy atom. The van der Waals surface area contributed by atoms with Crippen LogP contribution in [0.4, 0.5) is 0 Å². The molecule has 0 heterocycles. The van der Waals surface area contributed by atoms with Crippen molar-refractivity contribution < 1.29 is 5.11 Å². The lowest BCUT2D eigenvalue weighted by Crippen LogP contribution is -2.22. The summed E-state index contributed by atoms with van der Waals surface area (Å²) in [6.07, 6.45) is 34.8. The highest BCUT2D eigenvalue weighted by Gasteiger charge is 2.28. The maximum Gasteiger partial charge on any atom is 0.0431 e. The van der Waals surface area contributed by atoms with E-state index in [0.29, 0.717) is 12.0 Å².